The number of hydrogen-bond donors (Lipinski definition) is 2. The maximum Gasteiger partial charge on any atom is 0.238 e. The van der Waals surface area contributed by atoms with Crippen LogP contribution in [0.15, 0.2) is 53.4 Å². The Morgan fingerprint density at radius 1 is 1.06 bits per heavy atom. The first-order valence-electron chi connectivity index (χ1n) is 5.35. The summed E-state index contributed by atoms with van der Waals surface area (Å²) in [4.78, 5) is 0.0455. The van der Waals surface area contributed by atoms with Crippen LogP contribution in [0.3, 0.4) is 0 Å². The van der Waals surface area contributed by atoms with Gasteiger partial charge in [0.15, 0.2) is 0 Å². The van der Waals surface area contributed by atoms with Gasteiger partial charge in [-0.15, -0.1) is 0 Å². The minimum Gasteiger partial charge on any atom is -0.508 e. The maximum atomic E-state index is 11.5. The van der Waals surface area contributed by atoms with E-state index in [1.54, 1.807) is 0 Å². The van der Waals surface area contributed by atoms with E-state index < -0.39 is 10.0 Å². The Morgan fingerprint density at radius 3 is 2.33 bits per heavy atom. The molecule has 0 heterocycles. The first-order valence-corrected chi connectivity index (χ1v) is 6.90. The normalized spacial score (nSPS) is 11.4. The summed E-state index contributed by atoms with van der Waals surface area (Å²) in [7, 11) is -3.78. The predicted octanol–water partition coefficient (Wildman–Crippen LogP) is 1.63. The highest BCUT2D eigenvalue weighted by Gasteiger charge is 2.14. The third-order valence-electron chi connectivity index (χ3n) is 2.59. The number of nitrogens with two attached hydrogens (primary N) is 1. The summed E-state index contributed by atoms with van der Waals surface area (Å²) in [6, 6.07) is 13.5. The van der Waals surface area contributed by atoms with Crippen molar-refractivity contribution in [3.8, 4) is 5.75 Å². The minimum atomic E-state index is -3.78. The lowest BCUT2D eigenvalue weighted by Crippen LogP contribution is -2.14. The topological polar surface area (TPSA) is 80.4 Å². The van der Waals surface area contributed by atoms with Crippen molar-refractivity contribution in [3.05, 3.63) is 59.7 Å². The molecule has 0 radical (unpaired) electrons. The van der Waals surface area contributed by atoms with Gasteiger partial charge in [-0.2, -0.15) is 0 Å². The predicted molar refractivity (Wildman–Crippen MR) is 68.7 cm³/mol. The molecule has 18 heavy (non-hydrogen) atoms. The smallest absolute Gasteiger partial charge is 0.238 e. The number of rotatable bonds is 3. The third kappa shape index (κ3) is 2.88. The highest BCUT2D eigenvalue weighted by molar-refractivity contribution is 7.89. The van der Waals surface area contributed by atoms with E-state index in [-0.39, 0.29) is 10.6 Å². The first kappa shape index (κ1) is 12.6. The molecule has 0 aliphatic rings. The molecule has 0 aliphatic heterocycles. The van der Waals surface area contributed by atoms with Crippen molar-refractivity contribution in [1.82, 2.24) is 0 Å². The summed E-state index contributed by atoms with van der Waals surface area (Å²) in [5.41, 5.74) is 1.44. The van der Waals surface area contributed by atoms with Crippen LogP contribution in [0.4, 0.5) is 0 Å². The molecule has 0 aromatic heterocycles. The zero-order valence-corrected chi connectivity index (χ0v) is 10.4. The number of phenols is 1. The van der Waals surface area contributed by atoms with Gasteiger partial charge in [-0.25, -0.2) is 13.6 Å². The molecule has 0 aliphatic carbocycles. The summed E-state index contributed by atoms with van der Waals surface area (Å²) in [6.07, 6.45) is 0.404. The second-order valence-corrected chi connectivity index (χ2v) is 5.53. The molecule has 0 atom stereocenters. The quantitative estimate of drug-likeness (QED) is 0.883. The Bertz CT molecular complexity index is 651. The largest absolute Gasteiger partial charge is 0.508 e. The van der Waals surface area contributed by atoms with Gasteiger partial charge in [0.2, 0.25) is 10.0 Å². The molecule has 0 amide bonds. The van der Waals surface area contributed by atoms with E-state index in [4.69, 9.17) is 5.14 Å². The third-order valence-corrected chi connectivity index (χ3v) is 3.60. The van der Waals surface area contributed by atoms with Gasteiger partial charge in [-0.1, -0.05) is 30.3 Å². The van der Waals surface area contributed by atoms with Gasteiger partial charge in [0, 0.05) is 0 Å². The van der Waals surface area contributed by atoms with Gasteiger partial charge in [0.25, 0.3) is 0 Å². The lowest BCUT2D eigenvalue weighted by atomic mass is 10.0. The molecule has 2 aromatic carbocycles. The van der Waals surface area contributed by atoms with Crippen LogP contribution in [0.2, 0.25) is 0 Å². The van der Waals surface area contributed by atoms with E-state index in [0.717, 1.165) is 5.56 Å². The lowest BCUT2D eigenvalue weighted by Gasteiger charge is -2.08. The van der Waals surface area contributed by atoms with Gasteiger partial charge >= 0.3 is 0 Å². The summed E-state index contributed by atoms with van der Waals surface area (Å²) < 4.78 is 22.9. The Kier molecular flexibility index (Phi) is 3.36. The second kappa shape index (κ2) is 4.80. The molecule has 94 valence electrons. The molecule has 3 N–H and O–H groups in total. The van der Waals surface area contributed by atoms with Gasteiger partial charge < -0.3 is 5.11 Å². The van der Waals surface area contributed by atoms with E-state index in [9.17, 15) is 13.5 Å². The molecule has 0 bridgehead atoms. The van der Waals surface area contributed by atoms with E-state index in [0.29, 0.717) is 12.0 Å². The number of benzene rings is 2. The Labute approximate surface area is 106 Å². The summed E-state index contributed by atoms with van der Waals surface area (Å²) in [6.45, 7) is 0. The zero-order chi connectivity index (χ0) is 13.2. The highest BCUT2D eigenvalue weighted by atomic mass is 32.2. The van der Waals surface area contributed by atoms with Crippen molar-refractivity contribution in [1.29, 1.82) is 0 Å². The van der Waals surface area contributed by atoms with Gasteiger partial charge in [-0.05, 0) is 35.7 Å². The standard InChI is InChI=1S/C13H13NO3S/c14-18(16,17)13-7-6-12(15)9-11(13)8-10-4-2-1-3-5-10/h1-7,9,15H,8H2,(H2,14,16,17). The Hall–Kier alpha value is -1.85. The molecule has 0 saturated heterocycles. The van der Waals surface area contributed by atoms with Crippen LogP contribution >= 0.6 is 0 Å². The Balaban J connectivity index is 2.47. The maximum absolute atomic E-state index is 11.5. The molecule has 0 fully saturated rings. The van der Waals surface area contributed by atoms with Crippen molar-refractivity contribution in [3.63, 3.8) is 0 Å². The number of primary sulfonamides is 1. The van der Waals surface area contributed by atoms with E-state index >= 15 is 0 Å². The average molecular weight is 263 g/mol. The van der Waals surface area contributed by atoms with Gasteiger partial charge in [0.1, 0.15) is 5.75 Å². The minimum absolute atomic E-state index is 0.0216. The van der Waals surface area contributed by atoms with E-state index in [1.807, 2.05) is 30.3 Å². The number of sulfonamides is 1. The monoisotopic (exact) mass is 263 g/mol. The highest BCUT2D eigenvalue weighted by Crippen LogP contribution is 2.22. The summed E-state index contributed by atoms with van der Waals surface area (Å²) >= 11 is 0. The number of hydrogen-bond acceptors (Lipinski definition) is 3. The van der Waals surface area contributed by atoms with Crippen LogP contribution in [0.5, 0.6) is 5.75 Å². The van der Waals surface area contributed by atoms with Crippen molar-refractivity contribution >= 4 is 10.0 Å². The van der Waals surface area contributed by atoms with Crippen molar-refractivity contribution in [2.24, 2.45) is 5.14 Å². The lowest BCUT2D eigenvalue weighted by molar-refractivity contribution is 0.474. The first-order chi connectivity index (χ1) is 8.47. The molecule has 2 rings (SSSR count). The molecular formula is C13H13NO3S. The second-order valence-electron chi connectivity index (χ2n) is 4.00. The molecule has 2 aromatic rings. The fourth-order valence-electron chi connectivity index (χ4n) is 1.80. The summed E-state index contributed by atoms with van der Waals surface area (Å²) in [5.74, 6) is 0.0216. The van der Waals surface area contributed by atoms with Crippen LogP contribution in [0, 0.1) is 0 Å². The van der Waals surface area contributed by atoms with Crippen molar-refractivity contribution < 1.29 is 13.5 Å². The molecular weight excluding hydrogens is 250 g/mol. The number of aromatic hydroxyl groups is 1. The Morgan fingerprint density at radius 2 is 1.72 bits per heavy atom. The van der Waals surface area contributed by atoms with Gasteiger partial charge in [0.05, 0.1) is 4.90 Å². The number of phenolic OH excluding ortho intramolecular Hbond substituents is 1. The van der Waals surface area contributed by atoms with Crippen molar-refractivity contribution in [2.75, 3.05) is 0 Å². The molecule has 0 unspecified atom stereocenters. The van der Waals surface area contributed by atoms with Gasteiger partial charge in [-0.3, -0.25) is 0 Å². The summed E-state index contributed by atoms with van der Waals surface area (Å²) in [5, 5.41) is 14.6. The molecule has 0 saturated carbocycles. The molecule has 0 spiro atoms. The van der Waals surface area contributed by atoms with Crippen LogP contribution in [-0.2, 0) is 16.4 Å². The SMILES string of the molecule is NS(=O)(=O)c1ccc(O)cc1Cc1ccccc1. The molecule has 4 nitrogen and oxygen atoms in total. The van der Waals surface area contributed by atoms with Crippen LogP contribution in [-0.4, -0.2) is 13.5 Å². The zero-order valence-electron chi connectivity index (χ0n) is 9.58. The van der Waals surface area contributed by atoms with Crippen LogP contribution in [0.25, 0.3) is 0 Å². The van der Waals surface area contributed by atoms with E-state index in [2.05, 4.69) is 0 Å². The fraction of sp³-hybridized carbons (Fsp3) is 0.0769. The van der Waals surface area contributed by atoms with Crippen molar-refractivity contribution in [2.45, 2.75) is 11.3 Å². The average Bonchev–Trinajstić information content (AvgIpc) is 2.28. The van der Waals surface area contributed by atoms with E-state index in [1.165, 1.54) is 18.2 Å². The fourth-order valence-corrected chi connectivity index (χ4v) is 2.55. The van der Waals surface area contributed by atoms with Crippen LogP contribution < -0.4 is 5.14 Å². The van der Waals surface area contributed by atoms with Crippen LogP contribution in [0.1, 0.15) is 11.1 Å². The molecule has 5 heteroatoms.